The van der Waals surface area contributed by atoms with Crippen LogP contribution in [0.5, 0.6) is 0 Å². The number of hydrogen-bond donors (Lipinski definition) is 2. The van der Waals surface area contributed by atoms with Gasteiger partial charge >= 0.3 is 5.51 Å². The largest absolute Gasteiger partial charge is 0.501 e. The molecule has 146 valence electrons. The highest BCUT2D eigenvalue weighted by Gasteiger charge is 2.48. The number of carbonyl (C=O) groups excluding carboxylic acids is 1. The van der Waals surface area contributed by atoms with Crippen molar-refractivity contribution in [2.45, 2.75) is 21.8 Å². The molecule has 0 fully saturated rings. The van der Waals surface area contributed by atoms with Gasteiger partial charge in [-0.05, 0) is 29.8 Å². The Bertz CT molecular complexity index is 1080. The van der Waals surface area contributed by atoms with Crippen molar-refractivity contribution in [2.24, 2.45) is 5.73 Å². The molecule has 0 saturated heterocycles. The number of nitrogens with one attached hydrogen (secondary N) is 1. The van der Waals surface area contributed by atoms with Crippen LogP contribution >= 0.6 is 0 Å². The van der Waals surface area contributed by atoms with Crippen LogP contribution in [0.1, 0.15) is 15.9 Å². The SMILES string of the molecule is NC(=O)c1cccc(CNS(=O)(=O)c2ccccc2S(=O)(=O)C(F)(F)F)c1. The van der Waals surface area contributed by atoms with Crippen molar-refractivity contribution in [1.82, 2.24) is 4.72 Å². The van der Waals surface area contributed by atoms with Gasteiger partial charge in [0.2, 0.25) is 15.9 Å². The van der Waals surface area contributed by atoms with Crippen molar-refractivity contribution >= 4 is 25.8 Å². The molecule has 0 atom stereocenters. The normalized spacial score (nSPS) is 12.7. The summed E-state index contributed by atoms with van der Waals surface area (Å²) in [5.74, 6) is -0.749. The number of sulfonamides is 1. The third-order valence-electron chi connectivity index (χ3n) is 3.41. The fourth-order valence-corrected chi connectivity index (χ4v) is 4.71. The number of benzene rings is 2. The molecule has 1 amide bonds. The van der Waals surface area contributed by atoms with E-state index in [0.717, 1.165) is 18.2 Å². The van der Waals surface area contributed by atoms with Crippen molar-refractivity contribution in [3.8, 4) is 0 Å². The Morgan fingerprint density at radius 3 is 2.11 bits per heavy atom. The van der Waals surface area contributed by atoms with E-state index >= 15 is 0 Å². The van der Waals surface area contributed by atoms with Gasteiger partial charge in [0.1, 0.15) is 4.90 Å². The first-order valence-electron chi connectivity index (χ1n) is 7.15. The van der Waals surface area contributed by atoms with Crippen molar-refractivity contribution in [3.63, 3.8) is 0 Å². The molecule has 12 heteroatoms. The third-order valence-corrected chi connectivity index (χ3v) is 6.54. The van der Waals surface area contributed by atoms with E-state index in [1.807, 2.05) is 4.72 Å². The highest BCUT2D eigenvalue weighted by Crippen LogP contribution is 2.33. The second-order valence-corrected chi connectivity index (χ2v) is 8.93. The molecule has 0 aliphatic heterocycles. The van der Waals surface area contributed by atoms with E-state index in [0.29, 0.717) is 11.6 Å². The Morgan fingerprint density at radius 2 is 1.56 bits per heavy atom. The van der Waals surface area contributed by atoms with E-state index in [4.69, 9.17) is 5.73 Å². The predicted molar refractivity (Wildman–Crippen MR) is 88.7 cm³/mol. The summed E-state index contributed by atoms with van der Waals surface area (Å²) in [6.07, 6.45) is 0. The van der Waals surface area contributed by atoms with Gasteiger partial charge in [0.25, 0.3) is 9.84 Å². The maximum Gasteiger partial charge on any atom is 0.501 e. The first-order valence-corrected chi connectivity index (χ1v) is 10.1. The molecule has 27 heavy (non-hydrogen) atoms. The number of hydrogen-bond acceptors (Lipinski definition) is 5. The Labute approximate surface area is 153 Å². The summed E-state index contributed by atoms with van der Waals surface area (Å²) >= 11 is 0. The minimum absolute atomic E-state index is 0.103. The van der Waals surface area contributed by atoms with Crippen molar-refractivity contribution in [2.75, 3.05) is 0 Å². The zero-order chi connectivity index (χ0) is 20.5. The number of alkyl halides is 3. The summed E-state index contributed by atoms with van der Waals surface area (Å²) in [5, 5.41) is 0. The van der Waals surface area contributed by atoms with E-state index in [1.165, 1.54) is 24.3 Å². The second kappa shape index (κ2) is 7.29. The number of rotatable bonds is 6. The predicted octanol–water partition coefficient (Wildman–Crippen LogP) is 1.56. The highest BCUT2D eigenvalue weighted by molar-refractivity contribution is 7.94. The zero-order valence-electron chi connectivity index (χ0n) is 13.4. The van der Waals surface area contributed by atoms with Gasteiger partial charge in [-0.3, -0.25) is 4.79 Å². The molecule has 0 aromatic heterocycles. The Kier molecular flexibility index (Phi) is 5.63. The van der Waals surface area contributed by atoms with Crippen LogP contribution in [0.3, 0.4) is 0 Å². The molecule has 2 aromatic rings. The number of nitrogens with two attached hydrogens (primary N) is 1. The van der Waals surface area contributed by atoms with E-state index in [9.17, 15) is 34.8 Å². The summed E-state index contributed by atoms with van der Waals surface area (Å²) < 4.78 is 88.5. The number of primary amides is 1. The summed E-state index contributed by atoms with van der Waals surface area (Å²) in [6.45, 7) is -0.399. The minimum atomic E-state index is -5.87. The van der Waals surface area contributed by atoms with Crippen molar-refractivity contribution in [3.05, 3.63) is 59.7 Å². The molecule has 0 heterocycles. The molecule has 7 nitrogen and oxygen atoms in total. The first-order chi connectivity index (χ1) is 12.4. The zero-order valence-corrected chi connectivity index (χ0v) is 15.0. The number of carbonyl (C=O) groups is 1. The van der Waals surface area contributed by atoms with Crippen molar-refractivity contribution in [1.29, 1.82) is 0 Å². The Hall–Kier alpha value is -2.44. The lowest BCUT2D eigenvalue weighted by Gasteiger charge is -2.13. The Morgan fingerprint density at radius 1 is 0.963 bits per heavy atom. The minimum Gasteiger partial charge on any atom is -0.366 e. The average molecular weight is 422 g/mol. The van der Waals surface area contributed by atoms with Crippen LogP contribution in [0, 0.1) is 0 Å². The van der Waals surface area contributed by atoms with Crippen LogP contribution in [0.15, 0.2) is 58.3 Å². The van der Waals surface area contributed by atoms with E-state index < -0.39 is 47.6 Å². The molecule has 3 N–H and O–H groups in total. The fraction of sp³-hybridized carbons (Fsp3) is 0.133. The van der Waals surface area contributed by atoms with Gasteiger partial charge < -0.3 is 5.73 Å². The van der Waals surface area contributed by atoms with Gasteiger partial charge in [-0.25, -0.2) is 21.6 Å². The molecule has 0 aliphatic rings. The molecule has 0 aliphatic carbocycles. The standard InChI is InChI=1S/C15H13F3N2O5S2/c16-15(17,18)26(22,23)12-6-1-2-7-13(12)27(24,25)20-9-10-4-3-5-11(8-10)14(19)21/h1-8,20H,9H2,(H2,19,21). The van der Waals surface area contributed by atoms with Crippen LogP contribution < -0.4 is 10.5 Å². The van der Waals surface area contributed by atoms with E-state index in [1.54, 1.807) is 0 Å². The molecular formula is C15H13F3N2O5S2. The third kappa shape index (κ3) is 4.46. The highest BCUT2D eigenvalue weighted by atomic mass is 32.2. The smallest absolute Gasteiger partial charge is 0.366 e. The molecule has 0 radical (unpaired) electrons. The quantitative estimate of drug-likeness (QED) is 0.731. The average Bonchev–Trinajstić information content (AvgIpc) is 2.59. The Balaban J connectivity index is 2.39. The van der Waals surface area contributed by atoms with Gasteiger partial charge in [-0.1, -0.05) is 24.3 Å². The lowest BCUT2D eigenvalue weighted by atomic mass is 10.1. The molecule has 0 unspecified atom stereocenters. The summed E-state index contributed by atoms with van der Waals surface area (Å²) in [6, 6.07) is 8.96. The summed E-state index contributed by atoms with van der Waals surface area (Å²) in [7, 11) is -10.5. The van der Waals surface area contributed by atoms with E-state index in [-0.39, 0.29) is 5.56 Å². The number of sulfone groups is 1. The first kappa shape index (κ1) is 20.9. The molecule has 0 saturated carbocycles. The molecule has 2 rings (SSSR count). The monoisotopic (exact) mass is 422 g/mol. The topological polar surface area (TPSA) is 123 Å². The lowest BCUT2D eigenvalue weighted by Crippen LogP contribution is -2.29. The van der Waals surface area contributed by atoms with Gasteiger partial charge in [0.15, 0.2) is 0 Å². The fourth-order valence-electron chi connectivity index (χ4n) is 2.11. The maximum atomic E-state index is 12.8. The van der Waals surface area contributed by atoms with Crippen LogP contribution in [-0.2, 0) is 26.4 Å². The van der Waals surface area contributed by atoms with Crippen LogP contribution in [0.25, 0.3) is 0 Å². The molecule has 2 aromatic carbocycles. The van der Waals surface area contributed by atoms with Crippen LogP contribution in [0.2, 0.25) is 0 Å². The molecular weight excluding hydrogens is 409 g/mol. The summed E-state index contributed by atoms with van der Waals surface area (Å²) in [5.41, 5.74) is -0.144. The number of halogens is 3. The molecule has 0 bridgehead atoms. The lowest BCUT2D eigenvalue weighted by molar-refractivity contribution is -0.0437. The van der Waals surface area contributed by atoms with Crippen molar-refractivity contribution < 1.29 is 34.8 Å². The van der Waals surface area contributed by atoms with Gasteiger partial charge in [0.05, 0.1) is 4.90 Å². The molecule has 0 spiro atoms. The maximum absolute atomic E-state index is 12.8. The van der Waals surface area contributed by atoms with Gasteiger partial charge in [-0.2, -0.15) is 13.2 Å². The van der Waals surface area contributed by atoms with Crippen LogP contribution in [-0.4, -0.2) is 28.3 Å². The van der Waals surface area contributed by atoms with Gasteiger partial charge in [0, 0.05) is 12.1 Å². The summed E-state index contributed by atoms with van der Waals surface area (Å²) in [4.78, 5) is 8.72. The van der Waals surface area contributed by atoms with Crippen LogP contribution in [0.4, 0.5) is 13.2 Å². The van der Waals surface area contributed by atoms with E-state index in [2.05, 4.69) is 0 Å². The second-order valence-electron chi connectivity index (χ2n) is 5.29. The van der Waals surface area contributed by atoms with Gasteiger partial charge in [-0.15, -0.1) is 0 Å². The number of amides is 1.